The number of rotatable bonds is 4. The van der Waals surface area contributed by atoms with Crippen LogP contribution in [0.1, 0.15) is 51.4 Å². The fourth-order valence-electron chi connectivity index (χ4n) is 3.86. The Labute approximate surface area is 115 Å². The van der Waals surface area contributed by atoms with E-state index in [2.05, 4.69) is 5.32 Å². The van der Waals surface area contributed by atoms with Gasteiger partial charge in [-0.1, -0.05) is 12.8 Å². The van der Waals surface area contributed by atoms with Crippen LogP contribution in [0.4, 0.5) is 0 Å². The van der Waals surface area contributed by atoms with E-state index in [9.17, 15) is 4.79 Å². The normalized spacial score (nSPS) is 34.7. The first kappa shape index (κ1) is 13.4. The average molecular weight is 266 g/mol. The van der Waals surface area contributed by atoms with E-state index in [0.717, 1.165) is 25.2 Å². The molecule has 0 spiro atoms. The summed E-state index contributed by atoms with van der Waals surface area (Å²) in [4.78, 5) is 14.5. The molecule has 1 heterocycles. The maximum atomic E-state index is 12.6. The zero-order chi connectivity index (χ0) is 13.2. The van der Waals surface area contributed by atoms with Crippen molar-refractivity contribution in [2.24, 2.45) is 5.92 Å². The molecule has 3 unspecified atom stereocenters. The van der Waals surface area contributed by atoms with Crippen LogP contribution in [0.3, 0.4) is 0 Å². The van der Waals surface area contributed by atoms with E-state index in [0.29, 0.717) is 18.6 Å². The van der Waals surface area contributed by atoms with Crippen LogP contribution < -0.4 is 5.32 Å². The summed E-state index contributed by atoms with van der Waals surface area (Å²) in [5.41, 5.74) is 0. The molecule has 2 aliphatic carbocycles. The molecule has 3 atom stereocenters. The zero-order valence-corrected chi connectivity index (χ0v) is 11.7. The minimum Gasteiger partial charge on any atom is -0.395 e. The average Bonchev–Trinajstić information content (AvgIpc) is 3.28. The van der Waals surface area contributed by atoms with Gasteiger partial charge >= 0.3 is 0 Å². The van der Waals surface area contributed by atoms with Crippen LogP contribution in [0, 0.1) is 5.92 Å². The van der Waals surface area contributed by atoms with E-state index in [4.69, 9.17) is 5.11 Å². The van der Waals surface area contributed by atoms with Gasteiger partial charge in [0.05, 0.1) is 12.6 Å². The molecule has 3 rings (SSSR count). The highest BCUT2D eigenvalue weighted by atomic mass is 16.3. The molecule has 0 aromatic rings. The van der Waals surface area contributed by atoms with Crippen molar-refractivity contribution >= 4 is 5.91 Å². The van der Waals surface area contributed by atoms with Gasteiger partial charge in [-0.3, -0.25) is 4.79 Å². The number of piperidine rings is 1. The number of aliphatic hydroxyl groups excluding tert-OH is 1. The largest absolute Gasteiger partial charge is 0.395 e. The number of aliphatic hydroxyl groups is 1. The first-order chi connectivity index (χ1) is 9.29. The van der Waals surface area contributed by atoms with Gasteiger partial charge in [-0.2, -0.15) is 0 Å². The highest BCUT2D eigenvalue weighted by Gasteiger charge is 2.39. The molecule has 0 radical (unpaired) electrons. The lowest BCUT2D eigenvalue weighted by atomic mass is 9.77. The Balaban J connectivity index is 1.60. The summed E-state index contributed by atoms with van der Waals surface area (Å²) in [6, 6.07) is 0.976. The van der Waals surface area contributed by atoms with E-state index in [1.165, 1.54) is 32.1 Å². The van der Waals surface area contributed by atoms with Crippen molar-refractivity contribution in [3.05, 3.63) is 0 Å². The molecule has 1 amide bonds. The quantitative estimate of drug-likeness (QED) is 0.806. The van der Waals surface area contributed by atoms with Crippen LogP contribution in [0.2, 0.25) is 0 Å². The summed E-state index contributed by atoms with van der Waals surface area (Å²) >= 11 is 0. The number of fused-ring (bicyclic) bond motifs is 1. The molecule has 0 aromatic heterocycles. The van der Waals surface area contributed by atoms with Gasteiger partial charge in [0.2, 0.25) is 5.91 Å². The monoisotopic (exact) mass is 266 g/mol. The standard InChI is InChI=1S/C15H26N2O2/c18-10-9-17(12-6-7-12)15(19)14-8-5-11-3-1-2-4-13(11)16-14/h11-14,16,18H,1-10H2. The molecule has 1 aliphatic heterocycles. The van der Waals surface area contributed by atoms with E-state index in [1.54, 1.807) is 0 Å². The third kappa shape index (κ3) is 2.95. The second kappa shape index (κ2) is 5.80. The van der Waals surface area contributed by atoms with Gasteiger partial charge in [-0.25, -0.2) is 0 Å². The van der Waals surface area contributed by atoms with E-state index < -0.39 is 0 Å². The highest BCUT2D eigenvalue weighted by molar-refractivity contribution is 5.82. The molecule has 19 heavy (non-hydrogen) atoms. The van der Waals surface area contributed by atoms with Crippen LogP contribution in [-0.2, 0) is 4.79 Å². The number of nitrogens with zero attached hydrogens (tertiary/aromatic N) is 1. The number of amides is 1. The summed E-state index contributed by atoms with van der Waals surface area (Å²) < 4.78 is 0. The Bertz CT molecular complexity index is 330. The minimum absolute atomic E-state index is 0.00602. The van der Waals surface area contributed by atoms with Gasteiger partial charge in [0, 0.05) is 18.6 Å². The third-order valence-corrected chi connectivity index (χ3v) is 5.06. The smallest absolute Gasteiger partial charge is 0.240 e. The molecule has 4 nitrogen and oxygen atoms in total. The minimum atomic E-state index is 0.00602. The van der Waals surface area contributed by atoms with Gasteiger partial charge < -0.3 is 15.3 Å². The van der Waals surface area contributed by atoms with Crippen molar-refractivity contribution in [2.45, 2.75) is 69.5 Å². The lowest BCUT2D eigenvalue weighted by Crippen LogP contribution is -2.56. The Morgan fingerprint density at radius 2 is 1.89 bits per heavy atom. The second-order valence-corrected chi connectivity index (χ2v) is 6.43. The van der Waals surface area contributed by atoms with Crippen molar-refractivity contribution in [2.75, 3.05) is 13.2 Å². The fourth-order valence-corrected chi connectivity index (χ4v) is 3.86. The topological polar surface area (TPSA) is 52.6 Å². The third-order valence-electron chi connectivity index (χ3n) is 5.06. The van der Waals surface area contributed by atoms with Crippen LogP contribution in [-0.4, -0.2) is 47.2 Å². The van der Waals surface area contributed by atoms with Crippen molar-refractivity contribution in [1.29, 1.82) is 0 Å². The first-order valence-electron chi connectivity index (χ1n) is 7.97. The molecule has 4 heteroatoms. The van der Waals surface area contributed by atoms with Crippen LogP contribution in [0.5, 0.6) is 0 Å². The lowest BCUT2D eigenvalue weighted by molar-refractivity contribution is -0.136. The van der Waals surface area contributed by atoms with Gasteiger partial charge in [-0.05, 0) is 44.4 Å². The van der Waals surface area contributed by atoms with E-state index in [1.807, 2.05) is 4.90 Å². The maximum absolute atomic E-state index is 12.6. The molecule has 3 fully saturated rings. The van der Waals surface area contributed by atoms with Crippen molar-refractivity contribution in [3.8, 4) is 0 Å². The Kier molecular flexibility index (Phi) is 4.08. The number of hydrogen-bond acceptors (Lipinski definition) is 3. The number of hydrogen-bond donors (Lipinski definition) is 2. The SMILES string of the molecule is O=C(C1CCC2CCCCC2N1)N(CCO)C1CC1. The van der Waals surface area contributed by atoms with Crippen LogP contribution in [0.25, 0.3) is 0 Å². The maximum Gasteiger partial charge on any atom is 0.240 e. The molecule has 3 aliphatic rings. The Morgan fingerprint density at radius 3 is 2.63 bits per heavy atom. The van der Waals surface area contributed by atoms with Crippen molar-refractivity contribution in [3.63, 3.8) is 0 Å². The number of carbonyl (C=O) groups excluding carboxylic acids is 1. The molecule has 0 bridgehead atoms. The summed E-state index contributed by atoms with van der Waals surface area (Å²) in [7, 11) is 0. The van der Waals surface area contributed by atoms with Gasteiger partial charge in [0.15, 0.2) is 0 Å². The van der Waals surface area contributed by atoms with E-state index in [-0.39, 0.29) is 18.6 Å². The zero-order valence-electron chi connectivity index (χ0n) is 11.7. The van der Waals surface area contributed by atoms with Gasteiger partial charge in [0.25, 0.3) is 0 Å². The Morgan fingerprint density at radius 1 is 1.11 bits per heavy atom. The molecule has 108 valence electrons. The van der Waals surface area contributed by atoms with Crippen molar-refractivity contribution in [1.82, 2.24) is 10.2 Å². The molecular weight excluding hydrogens is 240 g/mol. The predicted molar refractivity (Wildman–Crippen MR) is 73.7 cm³/mol. The van der Waals surface area contributed by atoms with Gasteiger partial charge in [0.1, 0.15) is 0 Å². The number of carbonyl (C=O) groups is 1. The second-order valence-electron chi connectivity index (χ2n) is 6.43. The molecule has 2 N–H and O–H groups in total. The summed E-state index contributed by atoms with van der Waals surface area (Å²) in [6.45, 7) is 0.594. The van der Waals surface area contributed by atoms with E-state index >= 15 is 0 Å². The molecule has 0 aromatic carbocycles. The van der Waals surface area contributed by atoms with Gasteiger partial charge in [-0.15, -0.1) is 0 Å². The predicted octanol–water partition coefficient (Wildman–Crippen LogP) is 1.28. The molecular formula is C15H26N2O2. The lowest BCUT2D eigenvalue weighted by Gasteiger charge is -2.41. The highest BCUT2D eigenvalue weighted by Crippen LogP contribution is 2.34. The fraction of sp³-hybridized carbons (Fsp3) is 0.933. The summed E-state index contributed by atoms with van der Waals surface area (Å²) in [5, 5.41) is 12.7. The van der Waals surface area contributed by atoms with Crippen LogP contribution >= 0.6 is 0 Å². The van der Waals surface area contributed by atoms with Crippen molar-refractivity contribution < 1.29 is 9.90 Å². The Hall–Kier alpha value is -0.610. The summed E-state index contributed by atoms with van der Waals surface area (Å²) in [6.07, 6.45) is 9.65. The number of nitrogens with one attached hydrogen (secondary N) is 1. The molecule has 2 saturated carbocycles. The van der Waals surface area contributed by atoms with Crippen LogP contribution in [0.15, 0.2) is 0 Å². The molecule has 1 saturated heterocycles. The summed E-state index contributed by atoms with van der Waals surface area (Å²) in [5.74, 6) is 1.03. The first-order valence-corrected chi connectivity index (χ1v) is 7.97.